The van der Waals surface area contributed by atoms with E-state index in [9.17, 15) is 17.6 Å². The van der Waals surface area contributed by atoms with E-state index < -0.39 is 23.2 Å². The van der Waals surface area contributed by atoms with E-state index in [4.69, 9.17) is 4.74 Å². The number of hydrogen-bond acceptors (Lipinski definition) is 2. The summed E-state index contributed by atoms with van der Waals surface area (Å²) in [6.07, 6.45) is -3.78. The Morgan fingerprint density at radius 3 is 2.40 bits per heavy atom. The predicted octanol–water partition coefficient (Wildman–Crippen LogP) is 4.00. The van der Waals surface area contributed by atoms with Crippen molar-refractivity contribution in [3.63, 3.8) is 0 Å². The summed E-state index contributed by atoms with van der Waals surface area (Å²) in [4.78, 5) is 0. The molecule has 6 heteroatoms. The summed E-state index contributed by atoms with van der Waals surface area (Å²) in [5.41, 5.74) is -2.00. The third-order valence-corrected chi connectivity index (χ3v) is 2.61. The molecule has 1 aromatic rings. The Kier molecular flexibility index (Phi) is 5.39. The topological polar surface area (TPSA) is 21.3 Å². The lowest BCUT2D eigenvalue weighted by atomic mass is 10.1. The summed E-state index contributed by atoms with van der Waals surface area (Å²) in [5.74, 6) is -1.30. The molecule has 0 amide bonds. The van der Waals surface area contributed by atoms with Crippen molar-refractivity contribution in [2.45, 2.75) is 39.0 Å². The fourth-order valence-electron chi connectivity index (χ4n) is 1.71. The number of alkyl halides is 3. The van der Waals surface area contributed by atoms with Crippen molar-refractivity contribution in [3.8, 4) is 5.75 Å². The van der Waals surface area contributed by atoms with Crippen molar-refractivity contribution >= 4 is 0 Å². The number of hydrogen-bond donors (Lipinski definition) is 1. The fraction of sp³-hybridized carbons (Fsp3) is 0.571. The first kappa shape index (κ1) is 16.8. The molecule has 20 heavy (non-hydrogen) atoms. The summed E-state index contributed by atoms with van der Waals surface area (Å²) in [6.45, 7) is 6.80. The number of nitrogens with one attached hydrogen (secondary N) is 1. The van der Waals surface area contributed by atoms with Crippen LogP contribution >= 0.6 is 0 Å². The second-order valence-corrected chi connectivity index (χ2v) is 5.18. The lowest BCUT2D eigenvalue weighted by Gasteiger charge is -2.27. The molecular weight excluding hydrogens is 274 g/mol. The van der Waals surface area contributed by atoms with Gasteiger partial charge in [0.2, 0.25) is 0 Å². The molecular formula is C14H19F4NO. The maximum atomic E-state index is 13.2. The summed E-state index contributed by atoms with van der Waals surface area (Å²) in [7, 11) is 0. The van der Waals surface area contributed by atoms with Gasteiger partial charge < -0.3 is 10.1 Å². The van der Waals surface area contributed by atoms with E-state index in [1.54, 1.807) is 13.8 Å². The highest BCUT2D eigenvalue weighted by atomic mass is 19.4. The highest BCUT2D eigenvalue weighted by molar-refractivity contribution is 5.32. The van der Waals surface area contributed by atoms with Crippen LogP contribution in [0.3, 0.4) is 0 Å². The monoisotopic (exact) mass is 293 g/mol. The van der Waals surface area contributed by atoms with Crippen LogP contribution in [0.2, 0.25) is 0 Å². The van der Waals surface area contributed by atoms with Crippen molar-refractivity contribution < 1.29 is 22.3 Å². The molecule has 1 rings (SSSR count). The fourth-order valence-corrected chi connectivity index (χ4v) is 1.71. The minimum Gasteiger partial charge on any atom is -0.487 e. The predicted molar refractivity (Wildman–Crippen MR) is 69.3 cm³/mol. The Balaban J connectivity index is 2.82. The molecule has 114 valence electrons. The van der Waals surface area contributed by atoms with Gasteiger partial charge in [0.25, 0.3) is 0 Å². The zero-order valence-corrected chi connectivity index (χ0v) is 11.8. The summed E-state index contributed by atoms with van der Waals surface area (Å²) >= 11 is 0. The van der Waals surface area contributed by atoms with E-state index in [1.165, 1.54) is 6.07 Å². The molecule has 0 spiro atoms. The van der Waals surface area contributed by atoms with Crippen LogP contribution < -0.4 is 10.1 Å². The highest BCUT2D eigenvalue weighted by Crippen LogP contribution is 2.34. The SMILES string of the molecule is CCCNCC(C)(C)Oc1ccc(F)c(C(F)(F)F)c1. The van der Waals surface area contributed by atoms with E-state index in [0.717, 1.165) is 19.0 Å². The minimum atomic E-state index is -4.73. The molecule has 0 radical (unpaired) electrons. The first-order chi connectivity index (χ1) is 9.15. The van der Waals surface area contributed by atoms with Crippen LogP contribution in [0.5, 0.6) is 5.75 Å². The maximum absolute atomic E-state index is 13.2. The molecule has 0 fully saturated rings. The van der Waals surface area contributed by atoms with E-state index >= 15 is 0 Å². The number of benzene rings is 1. The Labute approximate surface area is 116 Å². The largest absolute Gasteiger partial charge is 0.487 e. The van der Waals surface area contributed by atoms with Gasteiger partial charge in [-0.1, -0.05) is 6.92 Å². The van der Waals surface area contributed by atoms with Crippen LogP contribution in [0.1, 0.15) is 32.8 Å². The van der Waals surface area contributed by atoms with Crippen molar-refractivity contribution in [1.29, 1.82) is 0 Å². The summed E-state index contributed by atoms with van der Waals surface area (Å²) in [6, 6.07) is 2.66. The quantitative estimate of drug-likeness (QED) is 0.632. The summed E-state index contributed by atoms with van der Waals surface area (Å²) in [5, 5.41) is 3.13. The van der Waals surface area contributed by atoms with Crippen LogP contribution in [0.25, 0.3) is 0 Å². The van der Waals surface area contributed by atoms with Crippen LogP contribution in [0, 0.1) is 5.82 Å². The normalized spacial score (nSPS) is 12.6. The molecule has 0 aliphatic rings. The Hall–Kier alpha value is -1.30. The van der Waals surface area contributed by atoms with Gasteiger partial charge in [-0.2, -0.15) is 13.2 Å². The van der Waals surface area contributed by atoms with E-state index in [-0.39, 0.29) is 5.75 Å². The van der Waals surface area contributed by atoms with Crippen LogP contribution in [0.4, 0.5) is 17.6 Å². The van der Waals surface area contributed by atoms with Gasteiger partial charge in [0.1, 0.15) is 17.2 Å². The Bertz CT molecular complexity index is 443. The lowest BCUT2D eigenvalue weighted by Crippen LogP contribution is -2.40. The van der Waals surface area contributed by atoms with Crippen LogP contribution in [-0.4, -0.2) is 18.7 Å². The molecule has 0 aliphatic heterocycles. The lowest BCUT2D eigenvalue weighted by molar-refractivity contribution is -0.140. The maximum Gasteiger partial charge on any atom is 0.419 e. The van der Waals surface area contributed by atoms with Crippen LogP contribution in [-0.2, 0) is 6.18 Å². The van der Waals surface area contributed by atoms with Crippen LogP contribution in [0.15, 0.2) is 18.2 Å². The van der Waals surface area contributed by atoms with Crippen molar-refractivity contribution in [1.82, 2.24) is 5.32 Å². The minimum absolute atomic E-state index is 0.00187. The zero-order valence-electron chi connectivity index (χ0n) is 11.8. The van der Waals surface area contributed by atoms with Gasteiger partial charge in [-0.05, 0) is 45.0 Å². The molecule has 2 nitrogen and oxygen atoms in total. The van der Waals surface area contributed by atoms with Gasteiger partial charge in [0.05, 0.1) is 5.56 Å². The molecule has 0 unspecified atom stereocenters. The molecule has 1 aromatic carbocycles. The summed E-state index contributed by atoms with van der Waals surface area (Å²) < 4.78 is 56.5. The Morgan fingerprint density at radius 2 is 1.85 bits per heavy atom. The second-order valence-electron chi connectivity index (χ2n) is 5.18. The Morgan fingerprint density at radius 1 is 1.20 bits per heavy atom. The van der Waals surface area contributed by atoms with Crippen molar-refractivity contribution in [3.05, 3.63) is 29.6 Å². The molecule has 0 saturated heterocycles. The highest BCUT2D eigenvalue weighted by Gasteiger charge is 2.34. The zero-order chi connectivity index (χ0) is 15.4. The first-order valence-electron chi connectivity index (χ1n) is 6.42. The second kappa shape index (κ2) is 6.43. The third-order valence-electron chi connectivity index (χ3n) is 2.61. The van der Waals surface area contributed by atoms with E-state index in [1.807, 2.05) is 6.92 Å². The molecule has 0 aliphatic carbocycles. The molecule has 0 heterocycles. The average molecular weight is 293 g/mol. The van der Waals surface area contributed by atoms with Gasteiger partial charge in [-0.25, -0.2) is 4.39 Å². The third kappa shape index (κ3) is 5.00. The molecule has 0 bridgehead atoms. The molecule has 0 aromatic heterocycles. The van der Waals surface area contributed by atoms with Gasteiger partial charge in [0.15, 0.2) is 0 Å². The van der Waals surface area contributed by atoms with E-state index in [2.05, 4.69) is 5.32 Å². The molecule has 1 N–H and O–H groups in total. The first-order valence-corrected chi connectivity index (χ1v) is 6.42. The van der Waals surface area contributed by atoms with Crippen molar-refractivity contribution in [2.24, 2.45) is 0 Å². The average Bonchev–Trinajstić information content (AvgIpc) is 2.30. The van der Waals surface area contributed by atoms with Gasteiger partial charge in [0, 0.05) is 6.54 Å². The van der Waals surface area contributed by atoms with Crippen molar-refractivity contribution in [2.75, 3.05) is 13.1 Å². The molecule has 0 atom stereocenters. The molecule has 0 saturated carbocycles. The smallest absolute Gasteiger partial charge is 0.419 e. The standard InChI is InChI=1S/C14H19F4NO/c1-4-7-19-9-13(2,3)20-10-5-6-12(15)11(8-10)14(16,17)18/h5-6,8,19H,4,7,9H2,1-3H3. The van der Waals surface area contributed by atoms with Gasteiger partial charge in [-0.3, -0.25) is 0 Å². The number of rotatable bonds is 6. The van der Waals surface area contributed by atoms with Gasteiger partial charge >= 0.3 is 6.18 Å². The van der Waals surface area contributed by atoms with Gasteiger partial charge in [-0.15, -0.1) is 0 Å². The van der Waals surface area contributed by atoms with E-state index in [0.29, 0.717) is 12.6 Å². The number of halogens is 4. The number of ether oxygens (including phenoxy) is 1.